The highest BCUT2D eigenvalue weighted by Crippen LogP contribution is 2.25. The molecule has 3 rings (SSSR count). The molecule has 0 aromatic carbocycles. The summed E-state index contributed by atoms with van der Waals surface area (Å²) >= 11 is 6.06. The van der Waals surface area contributed by atoms with Crippen molar-refractivity contribution in [2.24, 2.45) is 5.11 Å². The van der Waals surface area contributed by atoms with Gasteiger partial charge in [0.2, 0.25) is 5.95 Å². The molecule has 0 bridgehead atoms. The summed E-state index contributed by atoms with van der Waals surface area (Å²) in [6.45, 7) is 3.17. The number of fused-ring (bicyclic) bond motifs is 1. The lowest BCUT2D eigenvalue weighted by Gasteiger charge is -2.23. The molecule has 138 valence electrons. The van der Waals surface area contributed by atoms with Crippen molar-refractivity contribution in [1.29, 1.82) is 0 Å². The standard InChI is InChI=1S/C14H18ClN9O2/c1-2-26-10(25)6-23-4-8(21-22-17)3-9(23)5-24-7-18-11-12(15)19-14(16)20-13(11)24/h7-9H,2-6H2,1H3,(H2,16,19,20)/t8-,9+/m0/s1. The summed E-state index contributed by atoms with van der Waals surface area (Å²) < 4.78 is 6.83. The topological polar surface area (TPSA) is 148 Å². The third-order valence-corrected chi connectivity index (χ3v) is 4.47. The maximum atomic E-state index is 11.9. The number of nitrogens with two attached hydrogens (primary N) is 1. The third kappa shape index (κ3) is 3.79. The number of hydrogen-bond acceptors (Lipinski definition) is 8. The van der Waals surface area contributed by atoms with E-state index in [1.165, 1.54) is 0 Å². The Bertz CT molecular complexity index is 863. The molecule has 0 radical (unpaired) electrons. The number of likely N-dealkylation sites (tertiary alicyclic amines) is 1. The van der Waals surface area contributed by atoms with Crippen LogP contribution in [-0.4, -0.2) is 62.2 Å². The summed E-state index contributed by atoms with van der Waals surface area (Å²) in [7, 11) is 0. The van der Waals surface area contributed by atoms with Crippen LogP contribution in [-0.2, 0) is 16.1 Å². The molecule has 0 unspecified atom stereocenters. The molecule has 2 N–H and O–H groups in total. The average Bonchev–Trinajstić information content (AvgIpc) is 3.13. The predicted octanol–water partition coefficient (Wildman–Crippen LogP) is 1.38. The van der Waals surface area contributed by atoms with E-state index in [1.807, 2.05) is 4.90 Å². The van der Waals surface area contributed by atoms with Crippen LogP contribution in [0.3, 0.4) is 0 Å². The second-order valence-corrected chi connectivity index (χ2v) is 6.28. The number of ether oxygens (including phenoxy) is 1. The summed E-state index contributed by atoms with van der Waals surface area (Å²) in [6, 6.07) is -0.264. The number of azide groups is 1. The summed E-state index contributed by atoms with van der Waals surface area (Å²) in [5.41, 5.74) is 15.4. The number of esters is 1. The maximum absolute atomic E-state index is 11.9. The molecular formula is C14H18ClN9O2. The first-order chi connectivity index (χ1) is 12.5. The highest BCUT2D eigenvalue weighted by Gasteiger charge is 2.33. The molecule has 2 atom stereocenters. The van der Waals surface area contributed by atoms with Crippen LogP contribution >= 0.6 is 11.6 Å². The van der Waals surface area contributed by atoms with Gasteiger partial charge in [-0.1, -0.05) is 16.7 Å². The monoisotopic (exact) mass is 379 g/mol. The second-order valence-electron chi connectivity index (χ2n) is 5.92. The van der Waals surface area contributed by atoms with Crippen LogP contribution in [0.5, 0.6) is 0 Å². The van der Waals surface area contributed by atoms with Crippen molar-refractivity contribution in [3.63, 3.8) is 0 Å². The van der Waals surface area contributed by atoms with Crippen LogP contribution in [0.1, 0.15) is 13.3 Å². The van der Waals surface area contributed by atoms with Gasteiger partial charge in [0.25, 0.3) is 0 Å². The van der Waals surface area contributed by atoms with E-state index in [2.05, 4.69) is 25.0 Å². The van der Waals surface area contributed by atoms with E-state index in [0.717, 1.165) is 0 Å². The van der Waals surface area contributed by atoms with E-state index < -0.39 is 0 Å². The van der Waals surface area contributed by atoms with Crippen molar-refractivity contribution in [2.45, 2.75) is 32.0 Å². The zero-order valence-electron chi connectivity index (χ0n) is 14.1. The van der Waals surface area contributed by atoms with Gasteiger partial charge in [-0.05, 0) is 18.9 Å². The minimum Gasteiger partial charge on any atom is -0.465 e. The van der Waals surface area contributed by atoms with Gasteiger partial charge in [-0.25, -0.2) is 4.98 Å². The first kappa shape index (κ1) is 18.2. The Hall–Kier alpha value is -2.62. The van der Waals surface area contributed by atoms with Crippen LogP contribution in [0.2, 0.25) is 5.15 Å². The predicted molar refractivity (Wildman–Crippen MR) is 94.3 cm³/mol. The van der Waals surface area contributed by atoms with E-state index in [4.69, 9.17) is 27.6 Å². The van der Waals surface area contributed by atoms with Crippen LogP contribution in [0, 0.1) is 0 Å². The summed E-state index contributed by atoms with van der Waals surface area (Å²) in [5, 5.41) is 3.98. The van der Waals surface area contributed by atoms with Gasteiger partial charge >= 0.3 is 5.97 Å². The molecule has 1 aliphatic rings. The van der Waals surface area contributed by atoms with E-state index in [9.17, 15) is 4.79 Å². The van der Waals surface area contributed by atoms with Crippen molar-refractivity contribution >= 4 is 34.7 Å². The number of halogens is 1. The number of imidazole rings is 1. The fourth-order valence-electron chi connectivity index (χ4n) is 3.16. The maximum Gasteiger partial charge on any atom is 0.320 e. The lowest BCUT2D eigenvalue weighted by atomic mass is 10.2. The molecule has 2 aromatic rings. The lowest BCUT2D eigenvalue weighted by Crippen LogP contribution is -2.37. The van der Waals surface area contributed by atoms with Gasteiger partial charge in [0.05, 0.1) is 25.5 Å². The van der Waals surface area contributed by atoms with E-state index in [1.54, 1.807) is 17.8 Å². The first-order valence-corrected chi connectivity index (χ1v) is 8.47. The fourth-order valence-corrected chi connectivity index (χ4v) is 3.38. The van der Waals surface area contributed by atoms with Gasteiger partial charge < -0.3 is 15.0 Å². The second kappa shape index (κ2) is 7.73. The average molecular weight is 380 g/mol. The van der Waals surface area contributed by atoms with Crippen molar-refractivity contribution in [3.05, 3.63) is 21.9 Å². The molecule has 1 aliphatic heterocycles. The molecule has 26 heavy (non-hydrogen) atoms. The number of rotatable bonds is 6. The normalized spacial score (nSPS) is 20.2. The van der Waals surface area contributed by atoms with Gasteiger partial charge in [0.1, 0.15) is 5.52 Å². The number of anilines is 1. The van der Waals surface area contributed by atoms with E-state index in [-0.39, 0.29) is 35.7 Å². The smallest absolute Gasteiger partial charge is 0.320 e. The molecule has 3 heterocycles. The Morgan fingerprint density at radius 3 is 3.12 bits per heavy atom. The van der Waals surface area contributed by atoms with Crippen molar-refractivity contribution in [2.75, 3.05) is 25.4 Å². The minimum atomic E-state index is -0.316. The molecule has 0 amide bonds. The van der Waals surface area contributed by atoms with E-state index >= 15 is 0 Å². The Morgan fingerprint density at radius 2 is 2.38 bits per heavy atom. The Morgan fingerprint density at radius 1 is 1.58 bits per heavy atom. The van der Waals surface area contributed by atoms with Gasteiger partial charge in [-0.2, -0.15) is 9.97 Å². The van der Waals surface area contributed by atoms with Gasteiger partial charge in [-0.3, -0.25) is 9.69 Å². The van der Waals surface area contributed by atoms with Crippen LogP contribution in [0.15, 0.2) is 11.4 Å². The Kier molecular flexibility index (Phi) is 5.40. The number of aromatic nitrogens is 4. The molecule has 0 aliphatic carbocycles. The molecule has 2 aromatic heterocycles. The van der Waals surface area contributed by atoms with Crippen molar-refractivity contribution < 1.29 is 9.53 Å². The van der Waals surface area contributed by atoms with Gasteiger partial charge in [0, 0.05) is 24.0 Å². The third-order valence-electron chi connectivity index (χ3n) is 4.20. The summed E-state index contributed by atoms with van der Waals surface area (Å²) in [6.07, 6.45) is 2.21. The van der Waals surface area contributed by atoms with Gasteiger partial charge in [0.15, 0.2) is 10.8 Å². The molecule has 0 saturated carbocycles. The highest BCUT2D eigenvalue weighted by molar-refractivity contribution is 6.33. The van der Waals surface area contributed by atoms with Crippen LogP contribution in [0.25, 0.3) is 21.6 Å². The number of nitrogens with zero attached hydrogens (tertiary/aromatic N) is 8. The number of nitrogen functional groups attached to an aromatic ring is 1. The number of carbonyl (C=O) groups excluding carboxylic acids is 1. The molecule has 1 saturated heterocycles. The zero-order chi connectivity index (χ0) is 18.7. The molecular weight excluding hydrogens is 362 g/mol. The highest BCUT2D eigenvalue weighted by atomic mass is 35.5. The Balaban J connectivity index is 1.83. The fraction of sp³-hybridized carbons (Fsp3) is 0.571. The molecule has 0 spiro atoms. The van der Waals surface area contributed by atoms with Crippen LogP contribution < -0.4 is 5.73 Å². The number of carbonyl (C=O) groups is 1. The van der Waals surface area contributed by atoms with Crippen molar-refractivity contribution in [3.8, 4) is 0 Å². The summed E-state index contributed by atoms with van der Waals surface area (Å²) in [4.78, 5) is 29.0. The Labute approximate surface area is 153 Å². The minimum absolute atomic E-state index is 0.0535. The lowest BCUT2D eigenvalue weighted by molar-refractivity contribution is -0.144. The molecule has 11 nitrogen and oxygen atoms in total. The van der Waals surface area contributed by atoms with Gasteiger partial charge in [-0.15, -0.1) is 0 Å². The van der Waals surface area contributed by atoms with E-state index in [0.29, 0.717) is 37.3 Å². The van der Waals surface area contributed by atoms with Crippen LogP contribution in [0.4, 0.5) is 5.95 Å². The largest absolute Gasteiger partial charge is 0.465 e. The zero-order valence-corrected chi connectivity index (χ0v) is 14.9. The quantitative estimate of drug-likeness (QED) is 0.262. The molecule has 1 fully saturated rings. The molecule has 12 heteroatoms. The SMILES string of the molecule is CCOC(=O)CN1C[C@@H](N=[N+]=[N-])C[C@@H]1Cn1cnc2c(Cl)nc(N)nc21. The number of hydrogen-bond donors (Lipinski definition) is 1. The summed E-state index contributed by atoms with van der Waals surface area (Å²) in [5.74, 6) is -0.254. The first-order valence-electron chi connectivity index (χ1n) is 8.09. The van der Waals surface area contributed by atoms with Crippen molar-refractivity contribution in [1.82, 2.24) is 24.4 Å².